The maximum atomic E-state index is 12.3. The van der Waals surface area contributed by atoms with Crippen LogP contribution in [0, 0.1) is 17.8 Å². The van der Waals surface area contributed by atoms with Gasteiger partial charge in [0.2, 0.25) is 5.91 Å². The summed E-state index contributed by atoms with van der Waals surface area (Å²) in [5.41, 5.74) is 0.801. The van der Waals surface area contributed by atoms with Crippen molar-refractivity contribution in [2.75, 3.05) is 5.32 Å². The summed E-state index contributed by atoms with van der Waals surface area (Å²) in [6.07, 6.45) is 9.02. The van der Waals surface area contributed by atoms with Gasteiger partial charge in [-0.1, -0.05) is 29.8 Å². The Labute approximate surface area is 118 Å². The molecule has 1 aromatic carbocycles. The molecule has 1 N–H and O–H groups in total. The van der Waals surface area contributed by atoms with Crippen molar-refractivity contribution >= 4 is 23.2 Å². The Balaban J connectivity index is 1.63. The minimum absolute atomic E-state index is 0.166. The number of anilines is 1. The molecule has 2 aliphatic carbocycles. The first-order valence-corrected chi connectivity index (χ1v) is 7.35. The van der Waals surface area contributed by atoms with Gasteiger partial charge in [-0.15, -0.1) is 0 Å². The summed E-state index contributed by atoms with van der Waals surface area (Å²) in [7, 11) is 0. The fourth-order valence-corrected chi connectivity index (χ4v) is 3.42. The van der Waals surface area contributed by atoms with Crippen LogP contribution in [-0.4, -0.2) is 5.91 Å². The summed E-state index contributed by atoms with van der Waals surface area (Å²) < 4.78 is 0. The highest BCUT2D eigenvalue weighted by molar-refractivity contribution is 6.30. The molecule has 1 aromatic rings. The van der Waals surface area contributed by atoms with Crippen LogP contribution in [0.25, 0.3) is 0 Å². The number of benzene rings is 1. The molecular weight excluding hydrogens is 258 g/mol. The van der Waals surface area contributed by atoms with E-state index in [-0.39, 0.29) is 11.8 Å². The van der Waals surface area contributed by atoms with E-state index < -0.39 is 0 Å². The normalized spacial score (nSPS) is 30.7. The fraction of sp³-hybridized carbons (Fsp3) is 0.438. The van der Waals surface area contributed by atoms with Crippen LogP contribution in [0.4, 0.5) is 5.69 Å². The van der Waals surface area contributed by atoms with Gasteiger partial charge >= 0.3 is 0 Å². The Morgan fingerprint density at radius 3 is 2.47 bits per heavy atom. The average molecular weight is 276 g/mol. The summed E-state index contributed by atoms with van der Waals surface area (Å²) in [5.74, 6) is 1.55. The standard InChI is InChI=1S/C16H18ClNO/c17-11-6-5-7-12(10-11)18-16(19)15-13-8-3-1-2-4-9-14(13)15/h1-2,5-7,10,13-15H,3-4,8-9H2,(H,18,19)/b2-1-/t13-,14-/m1/s1. The number of fused-ring (bicyclic) bond motifs is 1. The van der Waals surface area contributed by atoms with E-state index in [1.807, 2.05) is 18.2 Å². The molecule has 0 radical (unpaired) electrons. The number of rotatable bonds is 2. The minimum Gasteiger partial charge on any atom is -0.326 e. The summed E-state index contributed by atoms with van der Waals surface area (Å²) in [6.45, 7) is 0. The molecule has 1 fully saturated rings. The lowest BCUT2D eigenvalue weighted by Gasteiger charge is -2.05. The molecule has 0 bridgehead atoms. The lowest BCUT2D eigenvalue weighted by Crippen LogP contribution is -2.15. The van der Waals surface area contributed by atoms with Crippen molar-refractivity contribution in [2.24, 2.45) is 17.8 Å². The molecule has 19 heavy (non-hydrogen) atoms. The number of carbonyl (C=O) groups excluding carboxylic acids is 1. The Morgan fingerprint density at radius 1 is 1.16 bits per heavy atom. The highest BCUT2D eigenvalue weighted by atomic mass is 35.5. The lowest BCUT2D eigenvalue weighted by atomic mass is 10.1. The van der Waals surface area contributed by atoms with Crippen molar-refractivity contribution in [1.29, 1.82) is 0 Å². The van der Waals surface area contributed by atoms with Crippen molar-refractivity contribution in [2.45, 2.75) is 25.7 Å². The molecular formula is C16H18ClNO. The van der Waals surface area contributed by atoms with Crippen molar-refractivity contribution in [3.63, 3.8) is 0 Å². The summed E-state index contributed by atoms with van der Waals surface area (Å²) in [6, 6.07) is 7.35. The molecule has 2 atom stereocenters. The van der Waals surface area contributed by atoms with Crippen LogP contribution in [0.2, 0.25) is 5.02 Å². The van der Waals surface area contributed by atoms with Crippen LogP contribution < -0.4 is 5.32 Å². The summed E-state index contributed by atoms with van der Waals surface area (Å²) >= 11 is 5.93. The maximum Gasteiger partial charge on any atom is 0.228 e. The van der Waals surface area contributed by atoms with E-state index in [0.717, 1.165) is 31.4 Å². The van der Waals surface area contributed by atoms with Crippen molar-refractivity contribution in [1.82, 2.24) is 0 Å². The number of allylic oxidation sites excluding steroid dienone is 2. The first-order chi connectivity index (χ1) is 9.25. The van der Waals surface area contributed by atoms with Crippen LogP contribution in [0.15, 0.2) is 36.4 Å². The van der Waals surface area contributed by atoms with Crippen LogP contribution in [0.5, 0.6) is 0 Å². The molecule has 0 aromatic heterocycles. The topological polar surface area (TPSA) is 29.1 Å². The van der Waals surface area contributed by atoms with E-state index in [4.69, 9.17) is 11.6 Å². The van der Waals surface area contributed by atoms with E-state index in [1.165, 1.54) is 0 Å². The zero-order chi connectivity index (χ0) is 13.2. The SMILES string of the molecule is O=C(Nc1cccc(Cl)c1)C1[C@@H]2CC/C=C\CC[C@@H]12. The van der Waals surface area contributed by atoms with Gasteiger partial charge in [-0.2, -0.15) is 0 Å². The average Bonchev–Trinajstić information content (AvgIpc) is 3.00. The van der Waals surface area contributed by atoms with Crippen LogP contribution in [-0.2, 0) is 4.79 Å². The number of hydrogen-bond acceptors (Lipinski definition) is 1. The largest absolute Gasteiger partial charge is 0.326 e. The monoisotopic (exact) mass is 275 g/mol. The van der Waals surface area contributed by atoms with E-state index in [0.29, 0.717) is 16.9 Å². The smallest absolute Gasteiger partial charge is 0.228 e. The van der Waals surface area contributed by atoms with Gasteiger partial charge in [0.1, 0.15) is 0 Å². The predicted molar refractivity (Wildman–Crippen MR) is 78.2 cm³/mol. The minimum atomic E-state index is 0.166. The van der Waals surface area contributed by atoms with E-state index in [1.54, 1.807) is 6.07 Å². The second kappa shape index (κ2) is 5.38. The number of amides is 1. The van der Waals surface area contributed by atoms with Gasteiger partial charge in [0.25, 0.3) is 0 Å². The Kier molecular flexibility index (Phi) is 3.61. The zero-order valence-corrected chi connectivity index (χ0v) is 11.6. The zero-order valence-electron chi connectivity index (χ0n) is 10.8. The number of hydrogen-bond donors (Lipinski definition) is 1. The van der Waals surface area contributed by atoms with Gasteiger partial charge in [-0.3, -0.25) is 4.79 Å². The van der Waals surface area contributed by atoms with E-state index in [9.17, 15) is 4.79 Å². The van der Waals surface area contributed by atoms with Crippen molar-refractivity contribution in [3.05, 3.63) is 41.4 Å². The molecule has 0 spiro atoms. The Hall–Kier alpha value is -1.28. The highest BCUT2D eigenvalue weighted by Crippen LogP contribution is 2.53. The Morgan fingerprint density at radius 2 is 1.84 bits per heavy atom. The Bertz CT molecular complexity index is 495. The van der Waals surface area contributed by atoms with Gasteiger partial charge < -0.3 is 5.32 Å². The highest BCUT2D eigenvalue weighted by Gasteiger charge is 2.53. The second-order valence-corrected chi connectivity index (χ2v) is 5.92. The molecule has 0 heterocycles. The number of halogens is 1. The number of nitrogens with one attached hydrogen (secondary N) is 1. The molecule has 2 aliphatic rings. The van der Waals surface area contributed by atoms with E-state index >= 15 is 0 Å². The van der Waals surface area contributed by atoms with Crippen molar-refractivity contribution in [3.8, 4) is 0 Å². The third kappa shape index (κ3) is 2.84. The molecule has 100 valence electrons. The third-order valence-corrected chi connectivity index (χ3v) is 4.46. The molecule has 1 saturated carbocycles. The number of carbonyl (C=O) groups is 1. The fourth-order valence-electron chi connectivity index (χ4n) is 3.23. The molecule has 0 unspecified atom stereocenters. The summed E-state index contributed by atoms with van der Waals surface area (Å²) in [4.78, 5) is 12.3. The first-order valence-electron chi connectivity index (χ1n) is 6.97. The molecule has 0 saturated heterocycles. The van der Waals surface area contributed by atoms with Gasteiger partial charge in [0.15, 0.2) is 0 Å². The van der Waals surface area contributed by atoms with Gasteiger partial charge in [0, 0.05) is 16.6 Å². The van der Waals surface area contributed by atoms with Gasteiger partial charge in [-0.25, -0.2) is 0 Å². The lowest BCUT2D eigenvalue weighted by molar-refractivity contribution is -0.117. The summed E-state index contributed by atoms with van der Waals surface area (Å²) in [5, 5.41) is 3.65. The molecule has 0 aliphatic heterocycles. The third-order valence-electron chi connectivity index (χ3n) is 4.23. The van der Waals surface area contributed by atoms with Crippen LogP contribution in [0.1, 0.15) is 25.7 Å². The van der Waals surface area contributed by atoms with Crippen molar-refractivity contribution < 1.29 is 4.79 Å². The predicted octanol–water partition coefficient (Wildman–Crippen LogP) is 4.27. The van der Waals surface area contributed by atoms with Crippen LogP contribution >= 0.6 is 11.6 Å². The molecule has 3 rings (SSSR count). The molecule has 2 nitrogen and oxygen atoms in total. The first kappa shape index (κ1) is 12.7. The van der Waals surface area contributed by atoms with Gasteiger partial charge in [-0.05, 0) is 55.7 Å². The molecule has 3 heteroatoms. The molecule has 1 amide bonds. The quantitative estimate of drug-likeness (QED) is 0.803. The van der Waals surface area contributed by atoms with Crippen LogP contribution in [0.3, 0.4) is 0 Å². The van der Waals surface area contributed by atoms with E-state index in [2.05, 4.69) is 17.5 Å². The van der Waals surface area contributed by atoms with Gasteiger partial charge in [0.05, 0.1) is 0 Å². The maximum absolute atomic E-state index is 12.3. The second-order valence-electron chi connectivity index (χ2n) is 5.48.